The van der Waals surface area contributed by atoms with Crippen molar-refractivity contribution >= 4 is 40.4 Å². The van der Waals surface area contributed by atoms with E-state index in [1.165, 1.54) is 30.5 Å². The second kappa shape index (κ2) is 6.93. The first-order valence-electron chi connectivity index (χ1n) is 5.90. The first kappa shape index (κ1) is 15.1. The third-order valence-corrected chi connectivity index (χ3v) is 3.22. The second-order valence-corrected chi connectivity index (χ2v) is 5.31. The molecule has 106 valence electrons. The summed E-state index contributed by atoms with van der Waals surface area (Å²) in [6, 6.07) is 13.1. The highest BCUT2D eigenvalue weighted by Gasteiger charge is 2.10. The molecule has 0 aromatic heterocycles. The maximum atomic E-state index is 11.8. The number of nitro benzene ring substituents is 1. The lowest BCUT2D eigenvalue weighted by molar-refractivity contribution is -0.384. The van der Waals surface area contributed by atoms with Crippen LogP contribution in [0.4, 0.5) is 5.69 Å². The highest BCUT2D eigenvalue weighted by atomic mass is 127. The normalized spacial score (nSPS) is 10.5. The fraction of sp³-hybridized carbons (Fsp3) is 0. The van der Waals surface area contributed by atoms with E-state index in [1.54, 1.807) is 0 Å². The number of rotatable bonds is 4. The topological polar surface area (TPSA) is 84.6 Å². The molecule has 0 saturated heterocycles. The number of carbonyl (C=O) groups excluding carboxylic acids is 1. The number of amides is 1. The fourth-order valence-corrected chi connectivity index (χ4v) is 2.14. The van der Waals surface area contributed by atoms with Gasteiger partial charge in [-0.3, -0.25) is 14.9 Å². The van der Waals surface area contributed by atoms with Crippen molar-refractivity contribution in [3.63, 3.8) is 0 Å². The minimum Gasteiger partial charge on any atom is -0.267 e. The number of hydrazone groups is 1. The molecular formula is C14H10IN3O3. The Labute approximate surface area is 134 Å². The maximum absolute atomic E-state index is 11.8. The minimum atomic E-state index is -0.550. The van der Waals surface area contributed by atoms with E-state index in [9.17, 15) is 14.9 Å². The summed E-state index contributed by atoms with van der Waals surface area (Å²) in [4.78, 5) is 21.9. The molecular weight excluding hydrogens is 385 g/mol. The summed E-state index contributed by atoms with van der Waals surface area (Å²) < 4.78 is 1.06. The van der Waals surface area contributed by atoms with Crippen molar-refractivity contribution in [1.82, 2.24) is 5.43 Å². The average molecular weight is 395 g/mol. The van der Waals surface area contributed by atoms with Gasteiger partial charge in [0.1, 0.15) is 0 Å². The molecule has 0 radical (unpaired) electrons. The van der Waals surface area contributed by atoms with Crippen LogP contribution in [0, 0.1) is 13.7 Å². The van der Waals surface area contributed by atoms with Crippen molar-refractivity contribution in [3.8, 4) is 0 Å². The van der Waals surface area contributed by atoms with E-state index in [1.807, 2.05) is 24.3 Å². The molecule has 0 spiro atoms. The molecule has 0 heterocycles. The zero-order valence-corrected chi connectivity index (χ0v) is 12.9. The van der Waals surface area contributed by atoms with E-state index >= 15 is 0 Å². The van der Waals surface area contributed by atoms with E-state index in [-0.39, 0.29) is 11.3 Å². The van der Waals surface area contributed by atoms with Crippen molar-refractivity contribution < 1.29 is 9.72 Å². The second-order valence-electron chi connectivity index (χ2n) is 4.06. The third kappa shape index (κ3) is 4.35. The van der Waals surface area contributed by atoms with Crippen LogP contribution >= 0.6 is 22.6 Å². The summed E-state index contributed by atoms with van der Waals surface area (Å²) in [6.45, 7) is 0. The Morgan fingerprint density at radius 3 is 2.71 bits per heavy atom. The van der Waals surface area contributed by atoms with Gasteiger partial charge in [-0.1, -0.05) is 18.2 Å². The number of nitrogens with one attached hydrogen (secondary N) is 1. The number of non-ortho nitro benzene ring substituents is 1. The Morgan fingerprint density at radius 1 is 1.24 bits per heavy atom. The van der Waals surface area contributed by atoms with Crippen LogP contribution in [0.3, 0.4) is 0 Å². The van der Waals surface area contributed by atoms with E-state index in [0.29, 0.717) is 0 Å². The van der Waals surface area contributed by atoms with Gasteiger partial charge in [0, 0.05) is 21.3 Å². The molecule has 2 aromatic rings. The molecule has 2 rings (SSSR count). The maximum Gasteiger partial charge on any atom is 0.271 e. The van der Waals surface area contributed by atoms with Gasteiger partial charge in [-0.15, -0.1) is 0 Å². The molecule has 7 heteroatoms. The van der Waals surface area contributed by atoms with Gasteiger partial charge in [-0.25, -0.2) is 5.43 Å². The lowest BCUT2D eigenvalue weighted by atomic mass is 10.2. The van der Waals surface area contributed by atoms with Crippen molar-refractivity contribution in [2.75, 3.05) is 0 Å². The standard InChI is InChI=1S/C14H10IN3O3/c15-12-5-1-3-10(7-12)9-16-17-14(19)11-4-2-6-13(8-11)18(20)21/h1-9H,(H,17,19)/b16-9-. The van der Waals surface area contributed by atoms with Gasteiger partial charge in [-0.2, -0.15) is 5.10 Å². The summed E-state index contributed by atoms with van der Waals surface area (Å²) in [7, 11) is 0. The average Bonchev–Trinajstić information content (AvgIpc) is 2.47. The molecule has 21 heavy (non-hydrogen) atoms. The number of hydrogen-bond acceptors (Lipinski definition) is 4. The lowest BCUT2D eigenvalue weighted by Gasteiger charge is -2.00. The van der Waals surface area contributed by atoms with Gasteiger partial charge in [0.2, 0.25) is 0 Å². The number of carbonyl (C=O) groups is 1. The Kier molecular flexibility index (Phi) is 4.99. The van der Waals surface area contributed by atoms with Crippen LogP contribution < -0.4 is 5.43 Å². The monoisotopic (exact) mass is 395 g/mol. The van der Waals surface area contributed by atoms with Gasteiger partial charge in [0.15, 0.2) is 0 Å². The minimum absolute atomic E-state index is 0.135. The van der Waals surface area contributed by atoms with Crippen LogP contribution in [-0.2, 0) is 0 Å². The van der Waals surface area contributed by atoms with Crippen LogP contribution in [0.1, 0.15) is 15.9 Å². The van der Waals surface area contributed by atoms with Crippen LogP contribution in [-0.4, -0.2) is 17.0 Å². The quantitative estimate of drug-likeness (QED) is 0.374. The smallest absolute Gasteiger partial charge is 0.267 e. The summed E-state index contributed by atoms with van der Waals surface area (Å²) in [5.74, 6) is -0.499. The summed E-state index contributed by atoms with van der Waals surface area (Å²) >= 11 is 2.18. The van der Waals surface area contributed by atoms with Gasteiger partial charge in [-0.05, 0) is 46.4 Å². The van der Waals surface area contributed by atoms with Crippen molar-refractivity contribution in [2.24, 2.45) is 5.10 Å². The van der Waals surface area contributed by atoms with Gasteiger partial charge in [0.25, 0.3) is 11.6 Å². The molecule has 0 aliphatic carbocycles. The summed E-state index contributed by atoms with van der Waals surface area (Å²) in [5, 5.41) is 14.5. The Hall–Kier alpha value is -2.29. The molecule has 0 unspecified atom stereocenters. The molecule has 0 aliphatic heterocycles. The van der Waals surface area contributed by atoms with E-state index in [0.717, 1.165) is 9.13 Å². The Morgan fingerprint density at radius 2 is 2.00 bits per heavy atom. The zero-order valence-electron chi connectivity index (χ0n) is 10.7. The molecule has 2 aromatic carbocycles. The molecule has 0 aliphatic rings. The largest absolute Gasteiger partial charge is 0.271 e. The van der Waals surface area contributed by atoms with E-state index < -0.39 is 10.8 Å². The SMILES string of the molecule is O=C(N/N=C\c1cccc(I)c1)c1cccc([N+](=O)[O-])c1. The molecule has 0 saturated carbocycles. The van der Waals surface area contributed by atoms with Crippen molar-refractivity contribution in [1.29, 1.82) is 0 Å². The molecule has 0 atom stereocenters. The zero-order chi connectivity index (χ0) is 15.2. The lowest BCUT2D eigenvalue weighted by Crippen LogP contribution is -2.17. The van der Waals surface area contributed by atoms with Crippen molar-refractivity contribution in [2.45, 2.75) is 0 Å². The number of halogens is 1. The van der Waals surface area contributed by atoms with Crippen LogP contribution in [0.25, 0.3) is 0 Å². The number of nitrogens with zero attached hydrogens (tertiary/aromatic N) is 2. The number of hydrogen-bond donors (Lipinski definition) is 1. The predicted octanol–water partition coefficient (Wildman–Crippen LogP) is 2.96. The summed E-state index contributed by atoms with van der Waals surface area (Å²) in [6.07, 6.45) is 1.51. The first-order valence-corrected chi connectivity index (χ1v) is 6.97. The predicted molar refractivity (Wildman–Crippen MR) is 87.3 cm³/mol. The third-order valence-electron chi connectivity index (χ3n) is 2.55. The molecule has 0 fully saturated rings. The first-order chi connectivity index (χ1) is 10.1. The number of benzene rings is 2. The Bertz CT molecular complexity index is 716. The summed E-state index contributed by atoms with van der Waals surface area (Å²) in [5.41, 5.74) is 3.24. The Balaban J connectivity index is 2.05. The van der Waals surface area contributed by atoms with Gasteiger partial charge >= 0.3 is 0 Å². The molecule has 1 amide bonds. The molecule has 1 N–H and O–H groups in total. The van der Waals surface area contributed by atoms with Gasteiger partial charge in [0.05, 0.1) is 11.1 Å². The fourth-order valence-electron chi connectivity index (χ4n) is 1.58. The van der Waals surface area contributed by atoms with Crippen LogP contribution in [0.15, 0.2) is 53.6 Å². The number of nitro groups is 1. The highest BCUT2D eigenvalue weighted by Crippen LogP contribution is 2.12. The highest BCUT2D eigenvalue weighted by molar-refractivity contribution is 14.1. The molecule has 0 bridgehead atoms. The molecule has 6 nitrogen and oxygen atoms in total. The van der Waals surface area contributed by atoms with E-state index in [2.05, 4.69) is 33.1 Å². The van der Waals surface area contributed by atoms with Crippen LogP contribution in [0.5, 0.6) is 0 Å². The van der Waals surface area contributed by atoms with Gasteiger partial charge < -0.3 is 0 Å². The van der Waals surface area contributed by atoms with E-state index in [4.69, 9.17) is 0 Å². The van der Waals surface area contributed by atoms with Crippen molar-refractivity contribution in [3.05, 3.63) is 73.3 Å². The van der Waals surface area contributed by atoms with Crippen LogP contribution in [0.2, 0.25) is 0 Å².